The van der Waals surface area contributed by atoms with Crippen molar-refractivity contribution in [1.29, 1.82) is 0 Å². The van der Waals surface area contributed by atoms with Gasteiger partial charge in [-0.05, 0) is 12.1 Å². The quantitative estimate of drug-likeness (QED) is 0.762. The maximum Gasteiger partial charge on any atom is 0.274 e. The zero-order chi connectivity index (χ0) is 17.9. The molecule has 0 saturated carbocycles. The van der Waals surface area contributed by atoms with Gasteiger partial charge in [-0.2, -0.15) is 0 Å². The van der Waals surface area contributed by atoms with E-state index in [1.54, 1.807) is 19.5 Å². The molecule has 1 saturated heterocycles. The average Bonchev–Trinajstić information content (AvgIpc) is 3.10. The van der Waals surface area contributed by atoms with E-state index < -0.39 is 0 Å². The van der Waals surface area contributed by atoms with Crippen LogP contribution in [0.2, 0.25) is 0 Å². The lowest BCUT2D eigenvalue weighted by Crippen LogP contribution is -2.48. The van der Waals surface area contributed by atoms with Crippen molar-refractivity contribution in [2.75, 3.05) is 33.3 Å². The maximum absolute atomic E-state index is 12.4. The molecule has 0 radical (unpaired) electrons. The highest BCUT2D eigenvalue weighted by Gasteiger charge is 2.23. The summed E-state index contributed by atoms with van der Waals surface area (Å²) in [5, 5.41) is 0. The summed E-state index contributed by atoms with van der Waals surface area (Å²) in [4.78, 5) is 32.6. The molecule has 1 fully saturated rings. The topological polar surface area (TPSA) is 87.2 Å². The number of carbonyl (C=O) groups excluding carboxylic acids is 1. The first-order valence-corrected chi connectivity index (χ1v) is 8.53. The molecule has 0 bridgehead atoms. The number of nitrogens with zero attached hydrogens (tertiary/aromatic N) is 5. The van der Waals surface area contributed by atoms with E-state index in [0.717, 1.165) is 42.2 Å². The number of nitrogens with one attached hydrogen (secondary N) is 1. The number of carbonyl (C=O) groups is 1. The van der Waals surface area contributed by atoms with Gasteiger partial charge in [0, 0.05) is 44.6 Å². The number of piperazine rings is 1. The summed E-state index contributed by atoms with van der Waals surface area (Å²) in [5.74, 6) is 1.67. The molecule has 0 atom stereocenters. The average molecular weight is 352 g/mol. The largest absolute Gasteiger partial charge is 0.497 e. The fraction of sp³-hybridized carbons (Fsp3) is 0.333. The molecule has 134 valence electrons. The Bertz CT molecular complexity index is 902. The van der Waals surface area contributed by atoms with E-state index in [1.807, 2.05) is 23.1 Å². The molecule has 3 aromatic rings. The van der Waals surface area contributed by atoms with E-state index in [4.69, 9.17) is 4.74 Å². The van der Waals surface area contributed by atoms with Crippen molar-refractivity contribution in [1.82, 2.24) is 29.7 Å². The van der Waals surface area contributed by atoms with Crippen LogP contribution in [-0.2, 0) is 6.54 Å². The van der Waals surface area contributed by atoms with E-state index in [9.17, 15) is 4.79 Å². The zero-order valence-electron chi connectivity index (χ0n) is 14.6. The molecule has 1 amide bonds. The summed E-state index contributed by atoms with van der Waals surface area (Å²) in [6.07, 6.45) is 4.62. The fourth-order valence-corrected chi connectivity index (χ4v) is 3.14. The third kappa shape index (κ3) is 3.36. The lowest BCUT2D eigenvalue weighted by Gasteiger charge is -2.34. The number of aromatic amines is 1. The SMILES string of the molecule is COc1ccc2nc(CN3CCN(C(=O)c4cnccn4)CC3)[nH]c2c1. The lowest BCUT2D eigenvalue weighted by atomic mass is 10.2. The smallest absolute Gasteiger partial charge is 0.274 e. The van der Waals surface area contributed by atoms with Crippen molar-refractivity contribution in [3.8, 4) is 5.75 Å². The summed E-state index contributed by atoms with van der Waals surface area (Å²) in [5.41, 5.74) is 2.29. The van der Waals surface area contributed by atoms with Gasteiger partial charge in [0.25, 0.3) is 5.91 Å². The van der Waals surface area contributed by atoms with Gasteiger partial charge >= 0.3 is 0 Å². The van der Waals surface area contributed by atoms with Gasteiger partial charge in [-0.15, -0.1) is 0 Å². The van der Waals surface area contributed by atoms with E-state index in [-0.39, 0.29) is 5.91 Å². The number of ether oxygens (including phenoxy) is 1. The van der Waals surface area contributed by atoms with Gasteiger partial charge in [-0.25, -0.2) is 9.97 Å². The second-order valence-corrected chi connectivity index (χ2v) is 6.23. The van der Waals surface area contributed by atoms with Crippen molar-refractivity contribution < 1.29 is 9.53 Å². The molecular formula is C18H20N6O2. The third-order valence-electron chi connectivity index (χ3n) is 4.55. The first kappa shape index (κ1) is 16.5. The monoisotopic (exact) mass is 352 g/mol. The summed E-state index contributed by atoms with van der Waals surface area (Å²) in [6, 6.07) is 5.80. The predicted molar refractivity (Wildman–Crippen MR) is 95.9 cm³/mol. The molecule has 4 rings (SSSR count). The number of aromatic nitrogens is 4. The van der Waals surface area contributed by atoms with Gasteiger partial charge in [0.05, 0.1) is 30.9 Å². The van der Waals surface area contributed by atoms with E-state index in [1.165, 1.54) is 6.20 Å². The number of imidazole rings is 1. The highest BCUT2D eigenvalue weighted by atomic mass is 16.5. The van der Waals surface area contributed by atoms with Crippen molar-refractivity contribution in [2.45, 2.75) is 6.54 Å². The molecule has 1 N–H and O–H groups in total. The van der Waals surface area contributed by atoms with Crippen molar-refractivity contribution in [3.63, 3.8) is 0 Å². The van der Waals surface area contributed by atoms with Crippen LogP contribution in [0, 0.1) is 0 Å². The molecular weight excluding hydrogens is 332 g/mol. The van der Waals surface area contributed by atoms with Crippen LogP contribution < -0.4 is 4.74 Å². The van der Waals surface area contributed by atoms with Gasteiger partial charge in [0.1, 0.15) is 17.3 Å². The Morgan fingerprint density at radius 1 is 1.23 bits per heavy atom. The molecule has 2 aromatic heterocycles. The first-order chi connectivity index (χ1) is 12.7. The summed E-state index contributed by atoms with van der Waals surface area (Å²) in [7, 11) is 1.65. The van der Waals surface area contributed by atoms with Crippen molar-refractivity contribution in [2.24, 2.45) is 0 Å². The maximum atomic E-state index is 12.4. The standard InChI is InChI=1S/C18H20N6O2/c1-26-13-2-3-14-15(10-13)22-17(21-14)12-23-6-8-24(9-7-23)18(25)16-11-19-4-5-20-16/h2-5,10-11H,6-9,12H2,1H3,(H,21,22). The molecule has 1 aliphatic heterocycles. The fourth-order valence-electron chi connectivity index (χ4n) is 3.14. The highest BCUT2D eigenvalue weighted by Crippen LogP contribution is 2.19. The number of hydrogen-bond acceptors (Lipinski definition) is 6. The second kappa shape index (κ2) is 7.09. The predicted octanol–water partition coefficient (Wildman–Crippen LogP) is 1.32. The molecule has 8 nitrogen and oxygen atoms in total. The minimum absolute atomic E-state index is 0.0615. The van der Waals surface area contributed by atoms with Crippen LogP contribution in [0.5, 0.6) is 5.75 Å². The summed E-state index contributed by atoms with van der Waals surface area (Å²) >= 11 is 0. The van der Waals surface area contributed by atoms with E-state index in [2.05, 4.69) is 24.8 Å². The van der Waals surface area contributed by atoms with Crippen molar-refractivity contribution in [3.05, 3.63) is 48.3 Å². The normalized spacial score (nSPS) is 15.3. The molecule has 0 unspecified atom stereocenters. The molecule has 0 spiro atoms. The number of amides is 1. The number of methoxy groups -OCH3 is 1. The Kier molecular flexibility index (Phi) is 4.49. The number of hydrogen-bond donors (Lipinski definition) is 1. The summed E-state index contributed by atoms with van der Waals surface area (Å²) < 4.78 is 5.25. The second-order valence-electron chi connectivity index (χ2n) is 6.23. The van der Waals surface area contributed by atoms with Crippen LogP contribution in [0.1, 0.15) is 16.3 Å². The summed E-state index contributed by atoms with van der Waals surface area (Å²) in [6.45, 7) is 3.66. The molecule has 3 heterocycles. The van der Waals surface area contributed by atoms with E-state index >= 15 is 0 Å². The highest BCUT2D eigenvalue weighted by molar-refractivity contribution is 5.92. The van der Waals surface area contributed by atoms with Crippen LogP contribution in [0.3, 0.4) is 0 Å². The van der Waals surface area contributed by atoms with Crippen LogP contribution in [-0.4, -0.2) is 68.9 Å². The van der Waals surface area contributed by atoms with Gasteiger partial charge in [0.2, 0.25) is 0 Å². The molecule has 8 heteroatoms. The van der Waals surface area contributed by atoms with Crippen LogP contribution >= 0.6 is 0 Å². The number of benzene rings is 1. The minimum atomic E-state index is -0.0615. The third-order valence-corrected chi connectivity index (χ3v) is 4.55. The van der Waals surface area contributed by atoms with Gasteiger partial charge in [-0.1, -0.05) is 0 Å². The van der Waals surface area contributed by atoms with Crippen molar-refractivity contribution >= 4 is 16.9 Å². The molecule has 0 aliphatic carbocycles. The Hall–Kier alpha value is -3.00. The number of rotatable bonds is 4. The van der Waals surface area contributed by atoms with Gasteiger partial charge < -0.3 is 14.6 Å². The van der Waals surface area contributed by atoms with Gasteiger partial charge in [-0.3, -0.25) is 14.7 Å². The lowest BCUT2D eigenvalue weighted by molar-refractivity contribution is 0.0619. The van der Waals surface area contributed by atoms with Crippen LogP contribution in [0.15, 0.2) is 36.8 Å². The minimum Gasteiger partial charge on any atom is -0.497 e. The van der Waals surface area contributed by atoms with Crippen LogP contribution in [0.4, 0.5) is 0 Å². The Morgan fingerprint density at radius 2 is 2.08 bits per heavy atom. The van der Waals surface area contributed by atoms with Gasteiger partial charge in [0.15, 0.2) is 0 Å². The first-order valence-electron chi connectivity index (χ1n) is 8.53. The molecule has 1 aromatic carbocycles. The number of fused-ring (bicyclic) bond motifs is 1. The number of H-pyrrole nitrogens is 1. The Morgan fingerprint density at radius 3 is 2.81 bits per heavy atom. The van der Waals surface area contributed by atoms with Crippen LogP contribution in [0.25, 0.3) is 11.0 Å². The molecule has 1 aliphatic rings. The zero-order valence-corrected chi connectivity index (χ0v) is 14.6. The Balaban J connectivity index is 1.37. The Labute approximate surface area is 150 Å². The molecule has 26 heavy (non-hydrogen) atoms. The van der Waals surface area contributed by atoms with E-state index in [0.29, 0.717) is 18.8 Å².